The molecule has 2 heterocycles. The fourth-order valence-electron chi connectivity index (χ4n) is 3.01. The van der Waals surface area contributed by atoms with E-state index in [2.05, 4.69) is 22.1 Å². The highest BCUT2D eigenvalue weighted by Crippen LogP contribution is 2.31. The summed E-state index contributed by atoms with van der Waals surface area (Å²) >= 11 is 0. The average Bonchev–Trinajstić information content (AvgIpc) is 2.92. The number of phenolic OH excluding ortho intramolecular Hbond substituents is 1. The summed E-state index contributed by atoms with van der Waals surface area (Å²) in [5.41, 5.74) is 0. The molecule has 1 aromatic carbocycles. The van der Waals surface area contributed by atoms with Crippen LogP contribution in [-0.2, 0) is 0 Å². The third-order valence-corrected chi connectivity index (χ3v) is 4.01. The summed E-state index contributed by atoms with van der Waals surface area (Å²) in [6, 6.07) is 7.99. The number of nitrogens with zero attached hydrogens (tertiary/aromatic N) is 2. The normalized spacial score (nSPS) is 18.9. The molecule has 0 spiro atoms. The lowest BCUT2D eigenvalue weighted by atomic mass is 10.1. The molecular weight excluding hydrogens is 250 g/mol. The van der Waals surface area contributed by atoms with Crippen LogP contribution in [0.15, 0.2) is 30.5 Å². The number of likely N-dealkylation sites (N-methyl/N-ethyl adjacent to an activating group) is 1. The first-order chi connectivity index (χ1) is 9.79. The van der Waals surface area contributed by atoms with Gasteiger partial charge in [-0.2, -0.15) is 0 Å². The molecule has 0 bridgehead atoms. The van der Waals surface area contributed by atoms with Crippen molar-refractivity contribution in [2.24, 2.45) is 0 Å². The minimum atomic E-state index is 0.300. The Bertz CT molecular complexity index is 599. The Morgan fingerprint density at radius 3 is 3.15 bits per heavy atom. The molecule has 4 nitrogen and oxygen atoms in total. The standard InChI is InChI=1S/C16H21N3O/c1-2-17-11-13-4-3-9-19(13)16-15-10-14(20)6-5-12(15)7-8-18-16/h5-8,10,13,17,20H,2-4,9,11H2,1H3. The molecule has 2 N–H and O–H groups in total. The van der Waals surface area contributed by atoms with Crippen LogP contribution < -0.4 is 10.2 Å². The number of hydrogen-bond acceptors (Lipinski definition) is 4. The van der Waals surface area contributed by atoms with Crippen molar-refractivity contribution in [3.8, 4) is 5.75 Å². The quantitative estimate of drug-likeness (QED) is 0.897. The highest BCUT2D eigenvalue weighted by molar-refractivity contribution is 5.93. The highest BCUT2D eigenvalue weighted by atomic mass is 16.3. The van der Waals surface area contributed by atoms with Crippen LogP contribution in [0.2, 0.25) is 0 Å². The van der Waals surface area contributed by atoms with E-state index in [0.717, 1.165) is 36.2 Å². The number of aromatic nitrogens is 1. The number of nitrogens with one attached hydrogen (secondary N) is 1. The first kappa shape index (κ1) is 13.2. The number of aromatic hydroxyl groups is 1. The van der Waals surface area contributed by atoms with Crippen molar-refractivity contribution in [3.05, 3.63) is 30.5 Å². The lowest BCUT2D eigenvalue weighted by Gasteiger charge is -2.27. The molecule has 1 aliphatic rings. The number of pyridine rings is 1. The molecule has 4 heteroatoms. The van der Waals surface area contributed by atoms with Gasteiger partial charge in [-0.05, 0) is 43.0 Å². The van der Waals surface area contributed by atoms with Crippen molar-refractivity contribution in [1.82, 2.24) is 10.3 Å². The molecular formula is C16H21N3O. The van der Waals surface area contributed by atoms with Gasteiger partial charge in [0.05, 0.1) is 0 Å². The monoisotopic (exact) mass is 271 g/mol. The Kier molecular flexibility index (Phi) is 3.74. The van der Waals surface area contributed by atoms with Crippen LogP contribution in [0.25, 0.3) is 10.8 Å². The number of benzene rings is 1. The molecule has 0 saturated carbocycles. The molecule has 1 fully saturated rings. The zero-order valence-corrected chi connectivity index (χ0v) is 11.8. The lowest BCUT2D eigenvalue weighted by Crippen LogP contribution is -2.38. The number of fused-ring (bicyclic) bond motifs is 1. The number of phenols is 1. The van der Waals surface area contributed by atoms with Crippen molar-refractivity contribution in [2.45, 2.75) is 25.8 Å². The van der Waals surface area contributed by atoms with E-state index >= 15 is 0 Å². The second-order valence-electron chi connectivity index (χ2n) is 5.34. The van der Waals surface area contributed by atoms with Gasteiger partial charge in [0, 0.05) is 30.7 Å². The Balaban J connectivity index is 1.98. The SMILES string of the molecule is CCNCC1CCCN1c1nccc2ccc(O)cc12. The van der Waals surface area contributed by atoms with E-state index in [1.165, 1.54) is 12.8 Å². The van der Waals surface area contributed by atoms with Crippen LogP contribution in [0, 0.1) is 0 Å². The minimum Gasteiger partial charge on any atom is -0.508 e. The summed E-state index contributed by atoms with van der Waals surface area (Å²) in [6.07, 6.45) is 4.26. The molecule has 0 radical (unpaired) electrons. The van der Waals surface area contributed by atoms with Crippen molar-refractivity contribution < 1.29 is 5.11 Å². The van der Waals surface area contributed by atoms with Crippen LogP contribution in [0.1, 0.15) is 19.8 Å². The van der Waals surface area contributed by atoms with E-state index in [0.29, 0.717) is 11.8 Å². The van der Waals surface area contributed by atoms with E-state index in [9.17, 15) is 5.11 Å². The van der Waals surface area contributed by atoms with Gasteiger partial charge in [-0.15, -0.1) is 0 Å². The second-order valence-corrected chi connectivity index (χ2v) is 5.34. The van der Waals surface area contributed by atoms with Gasteiger partial charge in [0.25, 0.3) is 0 Å². The Morgan fingerprint density at radius 1 is 1.40 bits per heavy atom. The van der Waals surface area contributed by atoms with Crippen molar-refractivity contribution >= 4 is 16.6 Å². The van der Waals surface area contributed by atoms with Crippen molar-refractivity contribution in [1.29, 1.82) is 0 Å². The van der Waals surface area contributed by atoms with Gasteiger partial charge in [0.1, 0.15) is 11.6 Å². The molecule has 2 aromatic rings. The summed E-state index contributed by atoms with van der Waals surface area (Å²) in [5.74, 6) is 1.30. The largest absolute Gasteiger partial charge is 0.508 e. The van der Waals surface area contributed by atoms with Crippen LogP contribution in [-0.4, -0.2) is 35.8 Å². The molecule has 20 heavy (non-hydrogen) atoms. The number of rotatable bonds is 4. The summed E-state index contributed by atoms with van der Waals surface area (Å²) < 4.78 is 0. The molecule has 0 aliphatic carbocycles. The maximum Gasteiger partial charge on any atom is 0.136 e. The van der Waals surface area contributed by atoms with E-state index in [1.54, 1.807) is 6.07 Å². The number of hydrogen-bond donors (Lipinski definition) is 2. The fourth-order valence-corrected chi connectivity index (χ4v) is 3.01. The topological polar surface area (TPSA) is 48.4 Å². The van der Waals surface area contributed by atoms with Crippen molar-refractivity contribution in [2.75, 3.05) is 24.5 Å². The molecule has 1 saturated heterocycles. The smallest absolute Gasteiger partial charge is 0.136 e. The second kappa shape index (κ2) is 5.67. The lowest BCUT2D eigenvalue weighted by molar-refractivity contribution is 0.476. The highest BCUT2D eigenvalue weighted by Gasteiger charge is 2.26. The summed E-state index contributed by atoms with van der Waals surface area (Å²) in [4.78, 5) is 6.95. The van der Waals surface area contributed by atoms with E-state index in [1.807, 2.05) is 24.4 Å². The first-order valence-electron chi connectivity index (χ1n) is 7.34. The van der Waals surface area contributed by atoms with Gasteiger partial charge < -0.3 is 15.3 Å². The molecule has 3 rings (SSSR count). The van der Waals surface area contributed by atoms with Gasteiger partial charge in [-0.25, -0.2) is 4.98 Å². The van der Waals surface area contributed by atoms with Crippen LogP contribution in [0.4, 0.5) is 5.82 Å². The van der Waals surface area contributed by atoms with Gasteiger partial charge in [-0.3, -0.25) is 0 Å². The molecule has 1 aromatic heterocycles. The van der Waals surface area contributed by atoms with Crippen LogP contribution >= 0.6 is 0 Å². The third-order valence-electron chi connectivity index (χ3n) is 4.01. The molecule has 1 atom stereocenters. The molecule has 0 amide bonds. The van der Waals surface area contributed by atoms with E-state index in [-0.39, 0.29) is 0 Å². The van der Waals surface area contributed by atoms with Gasteiger partial charge in [0.15, 0.2) is 0 Å². The maximum atomic E-state index is 9.75. The zero-order chi connectivity index (χ0) is 13.9. The molecule has 106 valence electrons. The third kappa shape index (κ3) is 2.43. The maximum absolute atomic E-state index is 9.75. The average molecular weight is 271 g/mol. The van der Waals surface area contributed by atoms with Gasteiger partial charge >= 0.3 is 0 Å². The zero-order valence-electron chi connectivity index (χ0n) is 11.8. The van der Waals surface area contributed by atoms with Crippen molar-refractivity contribution in [3.63, 3.8) is 0 Å². The molecule has 1 unspecified atom stereocenters. The summed E-state index contributed by atoms with van der Waals surface area (Å²) in [7, 11) is 0. The summed E-state index contributed by atoms with van der Waals surface area (Å²) in [5, 5.41) is 15.3. The number of anilines is 1. The van der Waals surface area contributed by atoms with Gasteiger partial charge in [-0.1, -0.05) is 13.0 Å². The minimum absolute atomic E-state index is 0.300. The Labute approximate surface area is 119 Å². The first-order valence-corrected chi connectivity index (χ1v) is 7.34. The predicted octanol–water partition coefficient (Wildman–Crippen LogP) is 2.52. The Morgan fingerprint density at radius 2 is 2.30 bits per heavy atom. The van der Waals surface area contributed by atoms with E-state index < -0.39 is 0 Å². The van der Waals surface area contributed by atoms with Crippen LogP contribution in [0.3, 0.4) is 0 Å². The fraction of sp³-hybridized carbons (Fsp3) is 0.438. The van der Waals surface area contributed by atoms with Crippen LogP contribution in [0.5, 0.6) is 5.75 Å². The Hall–Kier alpha value is -1.81. The molecule has 1 aliphatic heterocycles. The summed E-state index contributed by atoms with van der Waals surface area (Å²) in [6.45, 7) is 5.16. The van der Waals surface area contributed by atoms with E-state index in [4.69, 9.17) is 0 Å². The predicted molar refractivity (Wildman–Crippen MR) is 82.3 cm³/mol. The van der Waals surface area contributed by atoms with Gasteiger partial charge in [0.2, 0.25) is 0 Å².